The fourth-order valence-electron chi connectivity index (χ4n) is 2.87. The molecule has 2 fully saturated rings. The highest BCUT2D eigenvalue weighted by atomic mass is 79.9. The van der Waals surface area contributed by atoms with Gasteiger partial charge in [-0.3, -0.25) is 4.90 Å². The Morgan fingerprint density at radius 3 is 2.76 bits per heavy atom. The molecular formula is C14H19BrN2. The van der Waals surface area contributed by atoms with Gasteiger partial charge in [-0.05, 0) is 54.2 Å². The van der Waals surface area contributed by atoms with Crippen molar-refractivity contribution in [3.8, 4) is 0 Å². The number of para-hydroxylation sites is 1. The van der Waals surface area contributed by atoms with Crippen LogP contribution < -0.4 is 5.32 Å². The second-order valence-electron chi connectivity index (χ2n) is 5.33. The molecule has 0 spiro atoms. The van der Waals surface area contributed by atoms with Gasteiger partial charge in [0.25, 0.3) is 0 Å². The van der Waals surface area contributed by atoms with Crippen molar-refractivity contribution in [1.29, 1.82) is 0 Å². The van der Waals surface area contributed by atoms with E-state index in [0.717, 1.165) is 16.6 Å². The van der Waals surface area contributed by atoms with E-state index in [2.05, 4.69) is 57.3 Å². The van der Waals surface area contributed by atoms with E-state index < -0.39 is 0 Å². The van der Waals surface area contributed by atoms with E-state index in [0.29, 0.717) is 6.04 Å². The van der Waals surface area contributed by atoms with Crippen molar-refractivity contribution in [3.63, 3.8) is 0 Å². The summed E-state index contributed by atoms with van der Waals surface area (Å²) in [7, 11) is 0. The molecule has 1 aromatic carbocycles. The van der Waals surface area contributed by atoms with Crippen LogP contribution in [0.5, 0.6) is 0 Å². The summed E-state index contributed by atoms with van der Waals surface area (Å²) in [6.07, 6.45) is 4.08. The third-order valence-corrected chi connectivity index (χ3v) is 4.56. The quantitative estimate of drug-likeness (QED) is 0.918. The molecule has 2 unspecified atom stereocenters. The predicted molar refractivity (Wildman–Crippen MR) is 75.4 cm³/mol. The normalized spacial score (nSPS) is 29.5. The minimum absolute atomic E-state index is 0.601. The van der Waals surface area contributed by atoms with Gasteiger partial charge in [-0.15, -0.1) is 0 Å². The summed E-state index contributed by atoms with van der Waals surface area (Å²) < 4.78 is 1.16. The minimum Gasteiger partial charge on any atom is -0.380 e. The van der Waals surface area contributed by atoms with Gasteiger partial charge in [0.1, 0.15) is 0 Å². The van der Waals surface area contributed by atoms with E-state index in [1.807, 2.05) is 0 Å². The Labute approximate surface area is 112 Å². The van der Waals surface area contributed by atoms with E-state index in [1.165, 1.54) is 31.5 Å². The van der Waals surface area contributed by atoms with Gasteiger partial charge >= 0.3 is 0 Å². The third-order valence-electron chi connectivity index (χ3n) is 3.87. The number of halogens is 1. The summed E-state index contributed by atoms with van der Waals surface area (Å²) in [6.45, 7) is 3.56. The van der Waals surface area contributed by atoms with Crippen molar-refractivity contribution in [2.45, 2.75) is 44.3 Å². The molecule has 17 heavy (non-hydrogen) atoms. The molecule has 3 heteroatoms. The molecule has 0 aromatic heterocycles. The second-order valence-corrected chi connectivity index (χ2v) is 6.19. The van der Waals surface area contributed by atoms with Crippen LogP contribution in [0.15, 0.2) is 28.7 Å². The van der Waals surface area contributed by atoms with Crippen molar-refractivity contribution in [1.82, 2.24) is 4.90 Å². The largest absolute Gasteiger partial charge is 0.380 e. The zero-order valence-electron chi connectivity index (χ0n) is 10.2. The molecule has 3 rings (SSSR count). The number of hydrogen-bond acceptors (Lipinski definition) is 2. The van der Waals surface area contributed by atoms with Crippen molar-refractivity contribution in [2.24, 2.45) is 0 Å². The van der Waals surface area contributed by atoms with Gasteiger partial charge in [0.05, 0.1) is 0 Å². The maximum Gasteiger partial charge on any atom is 0.0487 e. The van der Waals surface area contributed by atoms with Crippen LogP contribution in [0.4, 0.5) is 5.69 Å². The van der Waals surface area contributed by atoms with Gasteiger partial charge in [0.15, 0.2) is 0 Å². The molecule has 0 radical (unpaired) electrons. The lowest BCUT2D eigenvalue weighted by atomic mass is 10.2. The zero-order chi connectivity index (χ0) is 11.8. The number of benzene rings is 1. The molecular weight excluding hydrogens is 276 g/mol. The van der Waals surface area contributed by atoms with Crippen LogP contribution in [0.1, 0.15) is 26.2 Å². The van der Waals surface area contributed by atoms with Gasteiger partial charge in [0, 0.05) is 34.8 Å². The van der Waals surface area contributed by atoms with E-state index in [-0.39, 0.29) is 0 Å². The lowest BCUT2D eigenvalue weighted by molar-refractivity contribution is 0.257. The van der Waals surface area contributed by atoms with E-state index >= 15 is 0 Å². The van der Waals surface area contributed by atoms with Crippen LogP contribution in [0, 0.1) is 0 Å². The Hall–Kier alpha value is -0.540. The predicted octanol–water partition coefficient (Wildman–Crippen LogP) is 3.49. The van der Waals surface area contributed by atoms with Crippen LogP contribution >= 0.6 is 15.9 Å². The van der Waals surface area contributed by atoms with Gasteiger partial charge in [-0.2, -0.15) is 0 Å². The Morgan fingerprint density at radius 1 is 1.29 bits per heavy atom. The summed E-state index contributed by atoms with van der Waals surface area (Å²) in [5, 5.41) is 3.66. The Bertz CT molecular complexity index is 403. The molecule has 1 saturated carbocycles. The first-order valence-electron chi connectivity index (χ1n) is 6.51. The van der Waals surface area contributed by atoms with E-state index in [9.17, 15) is 0 Å². The number of anilines is 1. The molecule has 1 N–H and O–H groups in total. The molecule has 0 amide bonds. The highest BCUT2D eigenvalue weighted by Crippen LogP contribution is 2.34. The van der Waals surface area contributed by atoms with Crippen molar-refractivity contribution < 1.29 is 0 Å². The molecule has 2 nitrogen and oxygen atoms in total. The highest BCUT2D eigenvalue weighted by molar-refractivity contribution is 9.10. The molecule has 2 atom stereocenters. The molecule has 1 heterocycles. The van der Waals surface area contributed by atoms with Gasteiger partial charge in [-0.25, -0.2) is 0 Å². The van der Waals surface area contributed by atoms with Gasteiger partial charge < -0.3 is 5.32 Å². The minimum atomic E-state index is 0.601. The average Bonchev–Trinajstić information content (AvgIpc) is 3.07. The first kappa shape index (κ1) is 11.5. The van der Waals surface area contributed by atoms with Crippen LogP contribution in [0.2, 0.25) is 0 Å². The number of rotatable bonds is 3. The maximum atomic E-state index is 3.66. The lowest BCUT2D eigenvalue weighted by Crippen LogP contribution is -2.31. The Kier molecular flexibility index (Phi) is 3.14. The van der Waals surface area contributed by atoms with Gasteiger partial charge in [-0.1, -0.05) is 12.1 Å². The molecule has 2 aliphatic rings. The van der Waals surface area contributed by atoms with E-state index in [1.54, 1.807) is 0 Å². The van der Waals surface area contributed by atoms with Crippen molar-refractivity contribution in [3.05, 3.63) is 28.7 Å². The van der Waals surface area contributed by atoms with Crippen LogP contribution in [0.3, 0.4) is 0 Å². The smallest absolute Gasteiger partial charge is 0.0487 e. The topological polar surface area (TPSA) is 15.3 Å². The average molecular weight is 295 g/mol. The van der Waals surface area contributed by atoms with Crippen molar-refractivity contribution in [2.75, 3.05) is 11.9 Å². The number of hydrogen-bond donors (Lipinski definition) is 1. The Balaban J connectivity index is 1.65. The monoisotopic (exact) mass is 294 g/mol. The molecule has 0 bridgehead atoms. The van der Waals surface area contributed by atoms with Crippen LogP contribution in [0.25, 0.3) is 0 Å². The molecule has 1 aliphatic heterocycles. The van der Waals surface area contributed by atoms with Gasteiger partial charge in [0.2, 0.25) is 0 Å². The molecule has 92 valence electrons. The molecule has 1 saturated heterocycles. The van der Waals surface area contributed by atoms with E-state index in [4.69, 9.17) is 0 Å². The third kappa shape index (κ3) is 2.50. The fraction of sp³-hybridized carbons (Fsp3) is 0.571. The first-order valence-corrected chi connectivity index (χ1v) is 7.30. The lowest BCUT2D eigenvalue weighted by Gasteiger charge is -2.20. The Morgan fingerprint density at radius 2 is 2.06 bits per heavy atom. The first-order chi connectivity index (χ1) is 8.24. The SMILES string of the molecule is CC1CC(Nc2ccccc2Br)CN1C1CC1. The number of nitrogens with zero attached hydrogens (tertiary/aromatic N) is 1. The zero-order valence-corrected chi connectivity index (χ0v) is 11.8. The maximum absolute atomic E-state index is 3.66. The molecule has 1 aliphatic carbocycles. The second kappa shape index (κ2) is 4.62. The van der Waals surface area contributed by atoms with Crippen LogP contribution in [-0.4, -0.2) is 29.6 Å². The fourth-order valence-corrected chi connectivity index (χ4v) is 3.27. The summed E-state index contributed by atoms with van der Waals surface area (Å²) in [5.74, 6) is 0. The standard InChI is InChI=1S/C14H19BrN2/c1-10-8-11(9-17(10)12-6-7-12)16-14-5-3-2-4-13(14)15/h2-5,10-12,16H,6-9H2,1H3. The summed E-state index contributed by atoms with van der Waals surface area (Å²) in [6, 6.07) is 10.6. The molecule has 1 aromatic rings. The summed E-state index contributed by atoms with van der Waals surface area (Å²) >= 11 is 3.60. The number of likely N-dealkylation sites (tertiary alicyclic amines) is 1. The highest BCUT2D eigenvalue weighted by Gasteiger charge is 2.38. The van der Waals surface area contributed by atoms with Crippen molar-refractivity contribution >= 4 is 21.6 Å². The number of nitrogens with one attached hydrogen (secondary N) is 1. The van der Waals surface area contributed by atoms with Crippen LogP contribution in [-0.2, 0) is 0 Å². The summed E-state index contributed by atoms with van der Waals surface area (Å²) in [5.41, 5.74) is 1.22. The summed E-state index contributed by atoms with van der Waals surface area (Å²) in [4.78, 5) is 2.68.